The molecule has 0 amide bonds. The van der Waals surface area contributed by atoms with E-state index in [1.807, 2.05) is 36.6 Å². The highest BCUT2D eigenvalue weighted by molar-refractivity contribution is 9.10. The minimum absolute atomic E-state index is 0.515. The van der Waals surface area contributed by atoms with Gasteiger partial charge in [0.2, 0.25) is 0 Å². The zero-order chi connectivity index (χ0) is 13.1. The Morgan fingerprint density at radius 1 is 1.39 bits per heavy atom. The van der Waals surface area contributed by atoms with Gasteiger partial charge in [-0.3, -0.25) is 0 Å². The Morgan fingerprint density at radius 2 is 2.17 bits per heavy atom. The van der Waals surface area contributed by atoms with Crippen LogP contribution in [0.15, 0.2) is 34.1 Å². The molecule has 0 aliphatic heterocycles. The molecule has 1 unspecified atom stereocenters. The van der Waals surface area contributed by atoms with E-state index in [9.17, 15) is 5.11 Å². The van der Waals surface area contributed by atoms with E-state index in [0.29, 0.717) is 6.61 Å². The highest BCUT2D eigenvalue weighted by atomic mass is 79.9. The summed E-state index contributed by atoms with van der Waals surface area (Å²) < 4.78 is 6.89. The standard InChI is InChI=1S/C14H15BrO2S/c1-9-3-4-11(10(2)16)13(7-9)17-8-14-12(15)5-6-18-14/h3-7,10,16H,8H2,1-2H3. The third kappa shape index (κ3) is 3.13. The number of thiophene rings is 1. The Balaban J connectivity index is 2.18. The number of aliphatic hydroxyl groups is 1. The number of hydrogen-bond acceptors (Lipinski definition) is 3. The molecule has 2 nitrogen and oxygen atoms in total. The molecule has 2 rings (SSSR count). The van der Waals surface area contributed by atoms with Gasteiger partial charge < -0.3 is 9.84 Å². The molecule has 0 spiro atoms. The van der Waals surface area contributed by atoms with Gasteiger partial charge >= 0.3 is 0 Å². The Morgan fingerprint density at radius 3 is 2.78 bits per heavy atom. The van der Waals surface area contributed by atoms with Crippen LogP contribution in [0.25, 0.3) is 0 Å². The number of benzene rings is 1. The molecule has 2 aromatic rings. The summed E-state index contributed by atoms with van der Waals surface area (Å²) in [4.78, 5) is 1.15. The number of hydrogen-bond donors (Lipinski definition) is 1. The van der Waals surface area contributed by atoms with Crippen LogP contribution in [0.2, 0.25) is 0 Å². The molecule has 18 heavy (non-hydrogen) atoms. The van der Waals surface area contributed by atoms with Crippen LogP contribution in [0, 0.1) is 6.92 Å². The van der Waals surface area contributed by atoms with Gasteiger partial charge in [0.1, 0.15) is 12.4 Å². The Labute approximate surface area is 119 Å². The van der Waals surface area contributed by atoms with Crippen LogP contribution in [-0.2, 0) is 6.61 Å². The van der Waals surface area contributed by atoms with E-state index in [1.165, 1.54) is 0 Å². The van der Waals surface area contributed by atoms with E-state index in [0.717, 1.165) is 26.2 Å². The van der Waals surface area contributed by atoms with Crippen LogP contribution in [0.5, 0.6) is 5.75 Å². The van der Waals surface area contributed by atoms with Gasteiger partial charge in [0, 0.05) is 10.0 Å². The van der Waals surface area contributed by atoms with Crippen molar-refractivity contribution >= 4 is 27.3 Å². The van der Waals surface area contributed by atoms with Gasteiger partial charge in [0.15, 0.2) is 0 Å². The van der Waals surface area contributed by atoms with Crippen molar-refractivity contribution in [1.82, 2.24) is 0 Å². The fraction of sp³-hybridized carbons (Fsp3) is 0.286. The van der Waals surface area contributed by atoms with Crippen LogP contribution in [-0.4, -0.2) is 5.11 Å². The second-order valence-electron chi connectivity index (χ2n) is 4.20. The molecule has 0 aliphatic rings. The first kappa shape index (κ1) is 13.6. The van der Waals surface area contributed by atoms with Crippen molar-refractivity contribution in [1.29, 1.82) is 0 Å². The minimum Gasteiger partial charge on any atom is -0.488 e. The van der Waals surface area contributed by atoms with Gasteiger partial charge in [-0.1, -0.05) is 12.1 Å². The summed E-state index contributed by atoms with van der Waals surface area (Å²) in [5, 5.41) is 11.7. The van der Waals surface area contributed by atoms with Crippen molar-refractivity contribution in [2.24, 2.45) is 0 Å². The Bertz CT molecular complexity index is 534. The number of ether oxygens (including phenoxy) is 1. The van der Waals surface area contributed by atoms with Crippen molar-refractivity contribution < 1.29 is 9.84 Å². The lowest BCUT2D eigenvalue weighted by atomic mass is 10.1. The van der Waals surface area contributed by atoms with Gasteiger partial charge in [-0.05, 0) is 52.9 Å². The SMILES string of the molecule is Cc1ccc(C(C)O)c(OCc2sccc2Br)c1. The predicted molar refractivity (Wildman–Crippen MR) is 78.2 cm³/mol. The molecule has 0 saturated carbocycles. The number of aryl methyl sites for hydroxylation is 1. The second kappa shape index (κ2) is 5.87. The van der Waals surface area contributed by atoms with Crippen LogP contribution in [0.1, 0.15) is 29.0 Å². The summed E-state index contributed by atoms with van der Waals surface area (Å²) in [5.41, 5.74) is 1.95. The monoisotopic (exact) mass is 326 g/mol. The van der Waals surface area contributed by atoms with Crippen LogP contribution in [0.4, 0.5) is 0 Å². The van der Waals surface area contributed by atoms with Crippen molar-refractivity contribution in [2.75, 3.05) is 0 Å². The van der Waals surface area contributed by atoms with Gasteiger partial charge in [-0.2, -0.15) is 0 Å². The molecule has 0 radical (unpaired) electrons. The van der Waals surface area contributed by atoms with Gasteiger partial charge in [0.25, 0.3) is 0 Å². The fourth-order valence-corrected chi connectivity index (χ4v) is 3.06. The molecule has 96 valence electrons. The summed E-state index contributed by atoms with van der Waals surface area (Å²) >= 11 is 5.14. The van der Waals surface area contributed by atoms with E-state index in [1.54, 1.807) is 18.3 Å². The molecule has 0 saturated heterocycles. The van der Waals surface area contributed by atoms with E-state index >= 15 is 0 Å². The van der Waals surface area contributed by atoms with E-state index in [-0.39, 0.29) is 0 Å². The van der Waals surface area contributed by atoms with Crippen LogP contribution in [0.3, 0.4) is 0 Å². The van der Waals surface area contributed by atoms with Crippen molar-refractivity contribution in [2.45, 2.75) is 26.6 Å². The van der Waals surface area contributed by atoms with Crippen LogP contribution >= 0.6 is 27.3 Å². The topological polar surface area (TPSA) is 29.5 Å². The highest BCUT2D eigenvalue weighted by Gasteiger charge is 2.10. The molecule has 1 atom stereocenters. The summed E-state index contributed by atoms with van der Waals surface area (Å²) in [6, 6.07) is 7.87. The Kier molecular flexibility index (Phi) is 4.43. The predicted octanol–water partition coefficient (Wildman–Crippen LogP) is 4.45. The molecule has 0 fully saturated rings. The molecule has 1 aromatic heterocycles. The number of aliphatic hydroxyl groups excluding tert-OH is 1. The maximum Gasteiger partial charge on any atom is 0.125 e. The molecular formula is C14H15BrO2S. The lowest BCUT2D eigenvalue weighted by Gasteiger charge is -2.14. The molecule has 1 heterocycles. The summed E-state index contributed by atoms with van der Waals surface area (Å²) in [5.74, 6) is 0.755. The van der Waals surface area contributed by atoms with Crippen molar-refractivity contribution in [3.05, 3.63) is 50.1 Å². The average Bonchev–Trinajstić information content (AvgIpc) is 2.72. The van der Waals surface area contributed by atoms with Crippen molar-refractivity contribution in [3.8, 4) is 5.75 Å². The lowest BCUT2D eigenvalue weighted by Crippen LogP contribution is -2.00. The molecule has 4 heteroatoms. The van der Waals surface area contributed by atoms with E-state index < -0.39 is 6.10 Å². The highest BCUT2D eigenvalue weighted by Crippen LogP contribution is 2.29. The summed E-state index contributed by atoms with van der Waals surface area (Å²) in [7, 11) is 0. The quantitative estimate of drug-likeness (QED) is 0.899. The third-order valence-corrected chi connectivity index (χ3v) is 4.57. The number of rotatable bonds is 4. The largest absolute Gasteiger partial charge is 0.488 e. The molecule has 0 bridgehead atoms. The van der Waals surface area contributed by atoms with Gasteiger partial charge in [0.05, 0.1) is 11.0 Å². The molecular weight excluding hydrogens is 312 g/mol. The minimum atomic E-state index is -0.521. The Hall–Kier alpha value is -0.840. The zero-order valence-corrected chi connectivity index (χ0v) is 12.7. The van der Waals surface area contributed by atoms with Crippen LogP contribution < -0.4 is 4.74 Å². The summed E-state index contributed by atoms with van der Waals surface area (Å²) in [6.45, 7) is 4.28. The van der Waals surface area contributed by atoms with Gasteiger partial charge in [-0.15, -0.1) is 11.3 Å². The fourth-order valence-electron chi connectivity index (χ4n) is 1.68. The first-order valence-electron chi connectivity index (χ1n) is 5.71. The molecule has 1 aromatic carbocycles. The maximum absolute atomic E-state index is 9.72. The third-order valence-electron chi connectivity index (χ3n) is 2.67. The smallest absolute Gasteiger partial charge is 0.125 e. The first-order chi connectivity index (χ1) is 8.58. The molecule has 1 N–H and O–H groups in total. The first-order valence-corrected chi connectivity index (χ1v) is 7.38. The molecule has 0 aliphatic carbocycles. The summed E-state index contributed by atoms with van der Waals surface area (Å²) in [6.07, 6.45) is -0.521. The second-order valence-corrected chi connectivity index (χ2v) is 6.05. The number of halogens is 1. The lowest BCUT2D eigenvalue weighted by molar-refractivity contribution is 0.190. The average molecular weight is 327 g/mol. The van der Waals surface area contributed by atoms with Gasteiger partial charge in [-0.25, -0.2) is 0 Å². The normalized spacial score (nSPS) is 12.4. The zero-order valence-electron chi connectivity index (χ0n) is 10.3. The van der Waals surface area contributed by atoms with E-state index in [4.69, 9.17) is 4.74 Å². The van der Waals surface area contributed by atoms with Crippen molar-refractivity contribution in [3.63, 3.8) is 0 Å². The van der Waals surface area contributed by atoms with E-state index in [2.05, 4.69) is 15.9 Å². The maximum atomic E-state index is 9.72.